The Hall–Kier alpha value is -2.38. The quantitative estimate of drug-likeness (QED) is 0.762. The molecule has 1 aromatic carbocycles. The Bertz CT molecular complexity index is 644. The summed E-state index contributed by atoms with van der Waals surface area (Å²) in [6, 6.07) is 9.73. The van der Waals surface area contributed by atoms with Crippen LogP contribution in [-0.2, 0) is 4.74 Å². The van der Waals surface area contributed by atoms with Crippen LogP contribution in [0.2, 0.25) is 0 Å². The summed E-state index contributed by atoms with van der Waals surface area (Å²) in [5.74, 6) is 2.44. The Morgan fingerprint density at radius 3 is 2.64 bits per heavy atom. The monoisotopic (exact) mass is 343 g/mol. The van der Waals surface area contributed by atoms with Gasteiger partial charge in [-0.15, -0.1) is 0 Å². The molecule has 0 saturated carbocycles. The zero-order valence-corrected chi connectivity index (χ0v) is 14.6. The molecule has 1 aliphatic heterocycles. The number of morpholine rings is 1. The molecular weight excluding hydrogens is 318 g/mol. The normalized spacial score (nSPS) is 14.9. The minimum absolute atomic E-state index is 0.665. The van der Waals surface area contributed by atoms with E-state index in [1.807, 2.05) is 37.3 Å². The number of hydrogen-bond acceptors (Lipinski definition) is 7. The maximum absolute atomic E-state index is 5.45. The van der Waals surface area contributed by atoms with Gasteiger partial charge in [0.25, 0.3) is 0 Å². The lowest BCUT2D eigenvalue weighted by atomic mass is 10.3. The Kier molecular flexibility index (Phi) is 6.42. The molecule has 1 saturated heterocycles. The van der Waals surface area contributed by atoms with E-state index >= 15 is 0 Å². The van der Waals surface area contributed by atoms with Crippen molar-refractivity contribution in [2.24, 2.45) is 0 Å². The molecule has 7 heteroatoms. The van der Waals surface area contributed by atoms with E-state index < -0.39 is 0 Å². The SMILES string of the molecule is CCOc1ccc(Nc2cc(NCCN3CCOCC3)ncn2)cc1. The van der Waals surface area contributed by atoms with Gasteiger partial charge in [-0.1, -0.05) is 0 Å². The lowest BCUT2D eigenvalue weighted by Crippen LogP contribution is -2.39. The zero-order chi connectivity index (χ0) is 17.3. The van der Waals surface area contributed by atoms with Crippen LogP contribution >= 0.6 is 0 Å². The van der Waals surface area contributed by atoms with Crippen molar-refractivity contribution in [3.63, 3.8) is 0 Å². The average Bonchev–Trinajstić information content (AvgIpc) is 2.65. The summed E-state index contributed by atoms with van der Waals surface area (Å²) >= 11 is 0. The second-order valence-electron chi connectivity index (χ2n) is 5.75. The number of nitrogens with one attached hydrogen (secondary N) is 2. The van der Waals surface area contributed by atoms with Crippen LogP contribution in [0, 0.1) is 0 Å². The van der Waals surface area contributed by atoms with Gasteiger partial charge in [0.2, 0.25) is 0 Å². The molecule has 0 unspecified atom stereocenters. The summed E-state index contributed by atoms with van der Waals surface area (Å²) in [5.41, 5.74) is 0.960. The first-order valence-corrected chi connectivity index (χ1v) is 8.69. The number of ether oxygens (including phenoxy) is 2. The topological polar surface area (TPSA) is 71.5 Å². The summed E-state index contributed by atoms with van der Waals surface area (Å²) in [5, 5.41) is 6.63. The van der Waals surface area contributed by atoms with Gasteiger partial charge in [-0.3, -0.25) is 4.90 Å². The third-order valence-corrected chi connectivity index (χ3v) is 3.94. The molecule has 3 rings (SSSR count). The lowest BCUT2D eigenvalue weighted by molar-refractivity contribution is 0.0398. The van der Waals surface area contributed by atoms with Crippen molar-refractivity contribution in [3.8, 4) is 5.75 Å². The third kappa shape index (κ3) is 5.58. The van der Waals surface area contributed by atoms with Gasteiger partial charge in [0, 0.05) is 37.9 Å². The zero-order valence-electron chi connectivity index (χ0n) is 14.6. The van der Waals surface area contributed by atoms with E-state index in [0.717, 1.165) is 62.5 Å². The number of hydrogen-bond donors (Lipinski definition) is 2. The van der Waals surface area contributed by atoms with Gasteiger partial charge < -0.3 is 20.1 Å². The maximum atomic E-state index is 5.45. The molecule has 2 aromatic rings. The minimum atomic E-state index is 0.665. The lowest BCUT2D eigenvalue weighted by Gasteiger charge is -2.26. The average molecular weight is 343 g/mol. The van der Waals surface area contributed by atoms with E-state index in [2.05, 4.69) is 25.5 Å². The van der Waals surface area contributed by atoms with E-state index in [1.54, 1.807) is 6.33 Å². The molecule has 0 atom stereocenters. The summed E-state index contributed by atoms with van der Waals surface area (Å²) in [7, 11) is 0. The molecule has 0 spiro atoms. The van der Waals surface area contributed by atoms with Crippen molar-refractivity contribution in [1.82, 2.24) is 14.9 Å². The van der Waals surface area contributed by atoms with Crippen molar-refractivity contribution < 1.29 is 9.47 Å². The van der Waals surface area contributed by atoms with Crippen LogP contribution in [0.25, 0.3) is 0 Å². The van der Waals surface area contributed by atoms with Crippen LogP contribution in [-0.4, -0.2) is 60.9 Å². The second kappa shape index (κ2) is 9.19. The van der Waals surface area contributed by atoms with Crippen molar-refractivity contribution in [3.05, 3.63) is 36.7 Å². The Morgan fingerprint density at radius 2 is 1.88 bits per heavy atom. The molecule has 0 bridgehead atoms. The van der Waals surface area contributed by atoms with Crippen molar-refractivity contribution >= 4 is 17.3 Å². The molecule has 25 heavy (non-hydrogen) atoms. The highest BCUT2D eigenvalue weighted by Gasteiger charge is 2.09. The summed E-state index contributed by atoms with van der Waals surface area (Å²) in [4.78, 5) is 10.9. The highest BCUT2D eigenvalue weighted by molar-refractivity contribution is 5.59. The largest absolute Gasteiger partial charge is 0.494 e. The fourth-order valence-corrected chi connectivity index (χ4v) is 2.64. The number of aromatic nitrogens is 2. The fraction of sp³-hybridized carbons (Fsp3) is 0.444. The van der Waals surface area contributed by atoms with Gasteiger partial charge in [-0.2, -0.15) is 0 Å². The van der Waals surface area contributed by atoms with Crippen molar-refractivity contribution in [1.29, 1.82) is 0 Å². The molecule has 0 aliphatic carbocycles. The van der Waals surface area contributed by atoms with E-state index in [0.29, 0.717) is 6.61 Å². The minimum Gasteiger partial charge on any atom is -0.494 e. The van der Waals surface area contributed by atoms with Crippen LogP contribution in [0.15, 0.2) is 36.7 Å². The summed E-state index contributed by atoms with van der Waals surface area (Å²) in [6.07, 6.45) is 1.56. The summed E-state index contributed by atoms with van der Waals surface area (Å²) < 4.78 is 10.8. The highest BCUT2D eigenvalue weighted by atomic mass is 16.5. The van der Waals surface area contributed by atoms with Gasteiger partial charge >= 0.3 is 0 Å². The first-order valence-electron chi connectivity index (χ1n) is 8.69. The maximum Gasteiger partial charge on any atom is 0.135 e. The van der Waals surface area contributed by atoms with E-state index in [-0.39, 0.29) is 0 Å². The molecule has 134 valence electrons. The molecular formula is C18H25N5O2. The summed E-state index contributed by atoms with van der Waals surface area (Å²) in [6.45, 7) is 8.10. The molecule has 0 amide bonds. The molecule has 1 aromatic heterocycles. The first-order chi connectivity index (χ1) is 12.3. The van der Waals surface area contributed by atoms with E-state index in [4.69, 9.17) is 9.47 Å². The van der Waals surface area contributed by atoms with Gasteiger partial charge in [-0.05, 0) is 31.2 Å². The molecule has 2 N–H and O–H groups in total. The number of nitrogens with zero attached hydrogens (tertiary/aromatic N) is 3. The van der Waals surface area contributed by atoms with Crippen LogP contribution in [0.3, 0.4) is 0 Å². The van der Waals surface area contributed by atoms with Crippen LogP contribution in [0.4, 0.5) is 17.3 Å². The third-order valence-electron chi connectivity index (χ3n) is 3.94. The van der Waals surface area contributed by atoms with Crippen molar-refractivity contribution in [2.45, 2.75) is 6.92 Å². The highest BCUT2D eigenvalue weighted by Crippen LogP contribution is 2.19. The smallest absolute Gasteiger partial charge is 0.135 e. The Balaban J connectivity index is 1.50. The Labute approximate surface area is 148 Å². The fourth-order valence-electron chi connectivity index (χ4n) is 2.64. The predicted octanol–water partition coefficient (Wildman–Crippen LogP) is 2.36. The Morgan fingerprint density at radius 1 is 1.12 bits per heavy atom. The van der Waals surface area contributed by atoms with Crippen LogP contribution in [0.1, 0.15) is 6.92 Å². The molecule has 7 nitrogen and oxygen atoms in total. The number of rotatable bonds is 8. The number of anilines is 3. The predicted molar refractivity (Wildman–Crippen MR) is 98.7 cm³/mol. The van der Waals surface area contributed by atoms with Gasteiger partial charge in [0.05, 0.1) is 19.8 Å². The van der Waals surface area contributed by atoms with E-state index in [1.165, 1.54) is 0 Å². The molecule has 2 heterocycles. The van der Waals surface area contributed by atoms with Gasteiger partial charge in [-0.25, -0.2) is 9.97 Å². The van der Waals surface area contributed by atoms with Gasteiger partial charge in [0.15, 0.2) is 0 Å². The molecule has 1 aliphatic rings. The van der Waals surface area contributed by atoms with Crippen LogP contribution < -0.4 is 15.4 Å². The molecule has 1 fully saturated rings. The number of benzene rings is 1. The van der Waals surface area contributed by atoms with Gasteiger partial charge in [0.1, 0.15) is 23.7 Å². The first kappa shape index (κ1) is 17.4. The second-order valence-corrected chi connectivity index (χ2v) is 5.75. The van der Waals surface area contributed by atoms with E-state index in [9.17, 15) is 0 Å². The van der Waals surface area contributed by atoms with Crippen molar-refractivity contribution in [2.75, 3.05) is 56.6 Å². The standard InChI is InChI=1S/C18H25N5O2/c1-2-25-16-5-3-15(4-6-16)22-18-13-17(20-14-21-18)19-7-8-23-9-11-24-12-10-23/h3-6,13-14H,2,7-12H2,1H3,(H2,19,20,21,22). The molecule has 0 radical (unpaired) electrons. The van der Waals surface area contributed by atoms with Crippen LogP contribution in [0.5, 0.6) is 5.75 Å².